The molecule has 1 saturated carbocycles. The van der Waals surface area contributed by atoms with Crippen molar-refractivity contribution in [1.82, 2.24) is 15.1 Å². The molecule has 2 aliphatic rings. The number of rotatable bonds is 2. The van der Waals surface area contributed by atoms with Crippen molar-refractivity contribution in [3.63, 3.8) is 0 Å². The molecular formula is C11H21N3S. The van der Waals surface area contributed by atoms with Crippen molar-refractivity contribution in [2.24, 2.45) is 0 Å². The second-order valence-electron chi connectivity index (χ2n) is 4.86. The van der Waals surface area contributed by atoms with Gasteiger partial charge in [-0.15, -0.1) is 0 Å². The largest absolute Gasteiger partial charge is 0.360 e. The summed E-state index contributed by atoms with van der Waals surface area (Å²) < 4.78 is 0. The molecule has 15 heavy (non-hydrogen) atoms. The Morgan fingerprint density at radius 2 is 1.80 bits per heavy atom. The first-order valence-corrected chi connectivity index (χ1v) is 6.37. The van der Waals surface area contributed by atoms with E-state index < -0.39 is 0 Å². The van der Waals surface area contributed by atoms with Crippen LogP contribution >= 0.6 is 12.2 Å². The SMILES string of the molecule is CC(C)NC(=S)N1CCN(C2CC2)CC1. The van der Waals surface area contributed by atoms with Crippen LogP contribution in [0, 0.1) is 0 Å². The second-order valence-corrected chi connectivity index (χ2v) is 5.25. The highest BCUT2D eigenvalue weighted by Crippen LogP contribution is 2.27. The van der Waals surface area contributed by atoms with E-state index in [1.807, 2.05) is 0 Å². The van der Waals surface area contributed by atoms with Gasteiger partial charge in [0.1, 0.15) is 0 Å². The maximum absolute atomic E-state index is 5.37. The Hall–Kier alpha value is -0.350. The number of hydrogen-bond donors (Lipinski definition) is 1. The average Bonchev–Trinajstić information content (AvgIpc) is 3.00. The lowest BCUT2D eigenvalue weighted by Gasteiger charge is -2.36. The summed E-state index contributed by atoms with van der Waals surface area (Å²) in [5.41, 5.74) is 0. The minimum atomic E-state index is 0.443. The average molecular weight is 227 g/mol. The van der Waals surface area contributed by atoms with Crippen LogP contribution in [0.3, 0.4) is 0 Å². The fourth-order valence-electron chi connectivity index (χ4n) is 2.07. The highest BCUT2D eigenvalue weighted by atomic mass is 32.1. The van der Waals surface area contributed by atoms with E-state index >= 15 is 0 Å². The lowest BCUT2D eigenvalue weighted by molar-refractivity contribution is 0.173. The molecule has 1 heterocycles. The minimum Gasteiger partial charge on any atom is -0.360 e. The van der Waals surface area contributed by atoms with Gasteiger partial charge in [0.2, 0.25) is 0 Å². The highest BCUT2D eigenvalue weighted by molar-refractivity contribution is 7.80. The molecule has 86 valence electrons. The Morgan fingerprint density at radius 1 is 1.20 bits per heavy atom. The van der Waals surface area contributed by atoms with E-state index in [9.17, 15) is 0 Å². The summed E-state index contributed by atoms with van der Waals surface area (Å²) in [7, 11) is 0. The second kappa shape index (κ2) is 4.66. The summed E-state index contributed by atoms with van der Waals surface area (Å²) in [6.45, 7) is 8.82. The predicted molar refractivity (Wildman–Crippen MR) is 67.0 cm³/mol. The molecule has 1 saturated heterocycles. The molecule has 0 atom stereocenters. The van der Waals surface area contributed by atoms with Gasteiger partial charge in [-0.05, 0) is 38.9 Å². The molecule has 0 amide bonds. The van der Waals surface area contributed by atoms with E-state index in [1.54, 1.807) is 0 Å². The first-order chi connectivity index (χ1) is 7.16. The summed E-state index contributed by atoms with van der Waals surface area (Å²) in [5.74, 6) is 0. The Bertz CT molecular complexity index is 230. The van der Waals surface area contributed by atoms with E-state index in [1.165, 1.54) is 25.9 Å². The molecule has 0 aromatic heterocycles. The molecule has 3 nitrogen and oxygen atoms in total. The van der Waals surface area contributed by atoms with E-state index in [2.05, 4.69) is 29.0 Å². The zero-order valence-electron chi connectivity index (χ0n) is 9.70. The Labute approximate surface area is 97.8 Å². The number of thiocarbonyl (C=S) groups is 1. The Morgan fingerprint density at radius 3 is 2.27 bits per heavy atom. The Kier molecular flexibility index (Phi) is 3.46. The molecule has 0 spiro atoms. The third kappa shape index (κ3) is 3.05. The summed E-state index contributed by atoms with van der Waals surface area (Å²) >= 11 is 5.37. The van der Waals surface area contributed by atoms with Crippen LogP contribution in [0.1, 0.15) is 26.7 Å². The van der Waals surface area contributed by atoms with Gasteiger partial charge in [-0.2, -0.15) is 0 Å². The maximum Gasteiger partial charge on any atom is 0.169 e. The van der Waals surface area contributed by atoms with Crippen molar-refractivity contribution in [3.05, 3.63) is 0 Å². The van der Waals surface area contributed by atoms with Gasteiger partial charge in [-0.25, -0.2) is 0 Å². The van der Waals surface area contributed by atoms with Crippen LogP contribution in [-0.2, 0) is 0 Å². The first kappa shape index (κ1) is 11.1. The molecule has 4 heteroatoms. The van der Waals surface area contributed by atoms with Gasteiger partial charge < -0.3 is 10.2 Å². The summed E-state index contributed by atoms with van der Waals surface area (Å²) in [6, 6.07) is 1.35. The van der Waals surface area contributed by atoms with E-state index in [4.69, 9.17) is 12.2 Å². The van der Waals surface area contributed by atoms with Gasteiger partial charge in [0.05, 0.1) is 0 Å². The normalized spacial score (nSPS) is 23.3. The van der Waals surface area contributed by atoms with E-state index in [-0.39, 0.29) is 0 Å². The van der Waals surface area contributed by atoms with Crippen LogP contribution in [0.15, 0.2) is 0 Å². The molecule has 0 aromatic carbocycles. The van der Waals surface area contributed by atoms with Gasteiger partial charge in [-0.1, -0.05) is 0 Å². The monoisotopic (exact) mass is 227 g/mol. The van der Waals surface area contributed by atoms with E-state index in [0.29, 0.717) is 6.04 Å². The number of nitrogens with one attached hydrogen (secondary N) is 1. The smallest absolute Gasteiger partial charge is 0.169 e. The van der Waals surface area contributed by atoms with Crippen molar-refractivity contribution in [2.75, 3.05) is 26.2 Å². The van der Waals surface area contributed by atoms with Crippen molar-refractivity contribution in [1.29, 1.82) is 0 Å². The summed E-state index contributed by atoms with van der Waals surface area (Å²) in [5, 5.41) is 4.24. The molecule has 1 N–H and O–H groups in total. The molecular weight excluding hydrogens is 206 g/mol. The first-order valence-electron chi connectivity index (χ1n) is 5.96. The number of hydrogen-bond acceptors (Lipinski definition) is 2. The highest BCUT2D eigenvalue weighted by Gasteiger charge is 2.31. The van der Waals surface area contributed by atoms with Crippen molar-refractivity contribution >= 4 is 17.3 Å². The molecule has 1 aliphatic heterocycles. The molecule has 2 fully saturated rings. The van der Waals surface area contributed by atoms with Crippen molar-refractivity contribution in [3.8, 4) is 0 Å². The van der Waals surface area contributed by atoms with Crippen LogP contribution in [0.5, 0.6) is 0 Å². The standard InChI is InChI=1S/C11H21N3S/c1-9(2)12-11(15)14-7-5-13(6-8-14)10-3-4-10/h9-10H,3-8H2,1-2H3,(H,12,15). The lowest BCUT2D eigenvalue weighted by Crippen LogP contribution is -2.53. The lowest BCUT2D eigenvalue weighted by atomic mass is 10.3. The number of piperazine rings is 1. The van der Waals surface area contributed by atoms with E-state index in [0.717, 1.165) is 24.2 Å². The van der Waals surface area contributed by atoms with Crippen LogP contribution in [0.4, 0.5) is 0 Å². The fraction of sp³-hybridized carbons (Fsp3) is 0.909. The zero-order chi connectivity index (χ0) is 10.8. The van der Waals surface area contributed by atoms with Crippen LogP contribution in [-0.4, -0.2) is 53.2 Å². The van der Waals surface area contributed by atoms with Gasteiger partial charge in [0, 0.05) is 38.3 Å². The van der Waals surface area contributed by atoms with Crippen molar-refractivity contribution in [2.45, 2.75) is 38.8 Å². The predicted octanol–water partition coefficient (Wildman–Crippen LogP) is 1.05. The van der Waals surface area contributed by atoms with Gasteiger partial charge in [0.25, 0.3) is 0 Å². The van der Waals surface area contributed by atoms with Crippen LogP contribution < -0.4 is 5.32 Å². The van der Waals surface area contributed by atoms with Crippen LogP contribution in [0.25, 0.3) is 0 Å². The van der Waals surface area contributed by atoms with Gasteiger partial charge in [0.15, 0.2) is 5.11 Å². The van der Waals surface area contributed by atoms with Crippen LogP contribution in [0.2, 0.25) is 0 Å². The molecule has 0 bridgehead atoms. The van der Waals surface area contributed by atoms with Gasteiger partial charge in [-0.3, -0.25) is 4.90 Å². The third-order valence-electron chi connectivity index (χ3n) is 3.08. The number of nitrogens with zero attached hydrogens (tertiary/aromatic N) is 2. The zero-order valence-corrected chi connectivity index (χ0v) is 10.5. The quantitative estimate of drug-likeness (QED) is 0.711. The third-order valence-corrected chi connectivity index (χ3v) is 3.45. The molecule has 0 aromatic rings. The molecule has 1 aliphatic carbocycles. The minimum absolute atomic E-state index is 0.443. The fourth-order valence-corrected chi connectivity index (χ4v) is 2.49. The molecule has 0 unspecified atom stereocenters. The summed E-state index contributed by atoms with van der Waals surface area (Å²) in [4.78, 5) is 4.91. The van der Waals surface area contributed by atoms with Crippen molar-refractivity contribution < 1.29 is 0 Å². The molecule has 0 radical (unpaired) electrons. The Balaban J connectivity index is 1.74. The molecule has 2 rings (SSSR count). The maximum atomic E-state index is 5.37. The topological polar surface area (TPSA) is 18.5 Å². The summed E-state index contributed by atoms with van der Waals surface area (Å²) in [6.07, 6.45) is 2.82. The van der Waals surface area contributed by atoms with Gasteiger partial charge >= 0.3 is 0 Å².